The summed E-state index contributed by atoms with van der Waals surface area (Å²) in [6.07, 6.45) is 4.25. The number of thioether (sulfide) groups is 1. The van der Waals surface area contributed by atoms with E-state index in [0.29, 0.717) is 39.6 Å². The van der Waals surface area contributed by atoms with Crippen molar-refractivity contribution in [1.82, 2.24) is 14.9 Å². The van der Waals surface area contributed by atoms with Crippen molar-refractivity contribution in [1.29, 1.82) is 5.26 Å². The Morgan fingerprint density at radius 2 is 1.94 bits per heavy atom. The molecule has 0 spiro atoms. The van der Waals surface area contributed by atoms with Crippen LogP contribution in [0.4, 0.5) is 0 Å². The zero-order valence-electron chi connectivity index (χ0n) is 18.6. The molecular formula is C25H25ClN4O2S. The number of amides is 1. The number of aromatic nitrogens is 2. The van der Waals surface area contributed by atoms with Crippen molar-refractivity contribution in [3.05, 3.63) is 63.4 Å². The van der Waals surface area contributed by atoms with E-state index in [0.717, 1.165) is 24.8 Å². The highest BCUT2D eigenvalue weighted by atomic mass is 35.5. The summed E-state index contributed by atoms with van der Waals surface area (Å²) in [6, 6.07) is 14.9. The number of carbonyl (C=O) groups excluding carboxylic acids is 1. The standard InChI is InChI=1S/C25H25ClN4O2S/c1-16-19(26)10-8-12-21(16)30-23(32)18-9-4-5-11-20(18)28-24(30)33-17(2)22(31)29-25(15-27)13-6-3-7-14-25/h4-5,8-12,17H,3,6-7,13-14H2,1-2H3,(H,29,31)/t17-/m1/s1. The third-order valence-corrected chi connectivity index (χ3v) is 7.62. The molecule has 0 radical (unpaired) electrons. The number of nitrogens with zero attached hydrogens (tertiary/aromatic N) is 3. The lowest BCUT2D eigenvalue weighted by atomic mass is 9.83. The molecule has 4 rings (SSSR count). The first-order chi connectivity index (χ1) is 15.8. The second-order valence-electron chi connectivity index (χ2n) is 8.44. The number of carbonyl (C=O) groups is 1. The molecule has 6 nitrogen and oxygen atoms in total. The molecule has 170 valence electrons. The Morgan fingerprint density at radius 1 is 1.21 bits per heavy atom. The summed E-state index contributed by atoms with van der Waals surface area (Å²) in [4.78, 5) is 31.3. The third-order valence-electron chi connectivity index (χ3n) is 6.16. The van der Waals surface area contributed by atoms with Gasteiger partial charge in [0.2, 0.25) is 5.91 Å². The van der Waals surface area contributed by atoms with Crippen LogP contribution in [0.3, 0.4) is 0 Å². The van der Waals surface area contributed by atoms with Gasteiger partial charge in [-0.1, -0.05) is 60.8 Å². The van der Waals surface area contributed by atoms with E-state index >= 15 is 0 Å². The van der Waals surface area contributed by atoms with Crippen molar-refractivity contribution >= 4 is 40.2 Å². The number of hydrogen-bond donors (Lipinski definition) is 1. The van der Waals surface area contributed by atoms with Crippen LogP contribution in [0.25, 0.3) is 16.6 Å². The number of para-hydroxylation sites is 1. The molecule has 3 aromatic rings. The van der Waals surface area contributed by atoms with E-state index in [4.69, 9.17) is 16.6 Å². The van der Waals surface area contributed by atoms with E-state index in [1.54, 1.807) is 37.3 Å². The van der Waals surface area contributed by atoms with E-state index in [2.05, 4.69) is 11.4 Å². The molecular weight excluding hydrogens is 456 g/mol. The second-order valence-corrected chi connectivity index (χ2v) is 10.2. The average Bonchev–Trinajstić information content (AvgIpc) is 2.82. The maximum Gasteiger partial charge on any atom is 0.266 e. The predicted octanol–water partition coefficient (Wildman–Crippen LogP) is 5.17. The van der Waals surface area contributed by atoms with Crippen LogP contribution in [-0.4, -0.2) is 26.2 Å². The van der Waals surface area contributed by atoms with Crippen molar-refractivity contribution in [3.8, 4) is 11.8 Å². The van der Waals surface area contributed by atoms with Crippen LogP contribution < -0.4 is 10.9 Å². The molecule has 0 unspecified atom stereocenters. The Hall–Kier alpha value is -2.82. The first-order valence-electron chi connectivity index (χ1n) is 11.0. The smallest absolute Gasteiger partial charge is 0.266 e. The lowest BCUT2D eigenvalue weighted by Gasteiger charge is -2.32. The Labute approximate surface area is 202 Å². The number of rotatable bonds is 5. The first kappa shape index (κ1) is 23.3. The molecule has 1 heterocycles. The molecule has 1 amide bonds. The third kappa shape index (κ3) is 4.64. The second kappa shape index (κ2) is 9.58. The van der Waals surface area contributed by atoms with Crippen LogP contribution in [0.1, 0.15) is 44.6 Å². The molecule has 1 aliphatic rings. The minimum atomic E-state index is -0.815. The summed E-state index contributed by atoms with van der Waals surface area (Å²) in [7, 11) is 0. The summed E-state index contributed by atoms with van der Waals surface area (Å²) in [5.74, 6) is -0.236. The van der Waals surface area contributed by atoms with Gasteiger partial charge in [-0.2, -0.15) is 5.26 Å². The van der Waals surface area contributed by atoms with Crippen molar-refractivity contribution in [2.75, 3.05) is 0 Å². The molecule has 0 bridgehead atoms. The van der Waals surface area contributed by atoms with Gasteiger partial charge in [-0.25, -0.2) is 4.98 Å². The Kier molecular flexibility index (Phi) is 6.78. The highest BCUT2D eigenvalue weighted by Crippen LogP contribution is 2.31. The molecule has 2 aromatic carbocycles. The topological polar surface area (TPSA) is 87.8 Å². The lowest BCUT2D eigenvalue weighted by Crippen LogP contribution is -2.51. The van der Waals surface area contributed by atoms with Crippen LogP contribution in [0, 0.1) is 18.3 Å². The summed E-state index contributed by atoms with van der Waals surface area (Å²) >= 11 is 7.55. The molecule has 0 aliphatic heterocycles. The summed E-state index contributed by atoms with van der Waals surface area (Å²) < 4.78 is 1.53. The number of fused-ring (bicyclic) bond motifs is 1. The summed E-state index contributed by atoms with van der Waals surface area (Å²) in [5.41, 5.74) is 0.908. The fourth-order valence-electron chi connectivity index (χ4n) is 4.21. The quantitative estimate of drug-likeness (QED) is 0.402. The van der Waals surface area contributed by atoms with E-state index < -0.39 is 10.8 Å². The molecule has 1 aliphatic carbocycles. The molecule has 1 saturated carbocycles. The van der Waals surface area contributed by atoms with E-state index in [9.17, 15) is 14.9 Å². The zero-order chi connectivity index (χ0) is 23.6. The fourth-order valence-corrected chi connectivity index (χ4v) is 5.30. The van der Waals surface area contributed by atoms with Gasteiger partial charge in [0.25, 0.3) is 5.56 Å². The van der Waals surface area contributed by atoms with Crippen LogP contribution in [-0.2, 0) is 4.79 Å². The maximum absolute atomic E-state index is 13.5. The van der Waals surface area contributed by atoms with Gasteiger partial charge in [-0.05, 0) is 56.5 Å². The normalized spacial score (nSPS) is 16.2. The van der Waals surface area contributed by atoms with Gasteiger partial charge in [0, 0.05) is 5.02 Å². The minimum Gasteiger partial charge on any atom is -0.337 e. The fraction of sp³-hybridized carbons (Fsp3) is 0.360. The number of nitrogens with one attached hydrogen (secondary N) is 1. The molecule has 1 fully saturated rings. The molecule has 8 heteroatoms. The molecule has 1 aromatic heterocycles. The predicted molar refractivity (Wildman–Crippen MR) is 132 cm³/mol. The van der Waals surface area contributed by atoms with Gasteiger partial charge < -0.3 is 5.32 Å². The van der Waals surface area contributed by atoms with Gasteiger partial charge in [0.05, 0.1) is 27.9 Å². The van der Waals surface area contributed by atoms with Gasteiger partial charge in [0.1, 0.15) is 5.54 Å². The SMILES string of the molecule is Cc1c(Cl)cccc1-n1c(S[C@H](C)C(=O)NC2(C#N)CCCCC2)nc2ccccc2c1=O. The van der Waals surface area contributed by atoms with E-state index in [1.807, 2.05) is 19.1 Å². The van der Waals surface area contributed by atoms with Gasteiger partial charge >= 0.3 is 0 Å². The van der Waals surface area contributed by atoms with Gasteiger partial charge in [-0.3, -0.25) is 14.2 Å². The molecule has 0 saturated heterocycles. The van der Waals surface area contributed by atoms with E-state index in [1.165, 1.54) is 16.3 Å². The molecule has 1 N–H and O–H groups in total. The number of nitriles is 1. The van der Waals surface area contributed by atoms with Crippen LogP contribution in [0.2, 0.25) is 5.02 Å². The lowest BCUT2D eigenvalue weighted by molar-refractivity contribution is -0.121. The highest BCUT2D eigenvalue weighted by Gasteiger charge is 2.35. The summed E-state index contributed by atoms with van der Waals surface area (Å²) in [6.45, 7) is 3.62. The van der Waals surface area contributed by atoms with E-state index in [-0.39, 0.29) is 11.5 Å². The van der Waals surface area contributed by atoms with Gasteiger partial charge in [-0.15, -0.1) is 0 Å². The first-order valence-corrected chi connectivity index (χ1v) is 12.3. The minimum absolute atomic E-state index is 0.221. The summed E-state index contributed by atoms with van der Waals surface area (Å²) in [5, 5.41) is 13.6. The van der Waals surface area contributed by atoms with Crippen molar-refractivity contribution in [2.45, 2.75) is 61.9 Å². The molecule has 1 atom stereocenters. The number of hydrogen-bond acceptors (Lipinski definition) is 5. The maximum atomic E-state index is 13.5. The monoisotopic (exact) mass is 480 g/mol. The Morgan fingerprint density at radius 3 is 2.67 bits per heavy atom. The van der Waals surface area contributed by atoms with Crippen molar-refractivity contribution in [3.63, 3.8) is 0 Å². The number of benzene rings is 2. The molecule has 33 heavy (non-hydrogen) atoms. The highest BCUT2D eigenvalue weighted by molar-refractivity contribution is 8.00. The van der Waals surface area contributed by atoms with Crippen molar-refractivity contribution in [2.24, 2.45) is 0 Å². The average molecular weight is 481 g/mol. The Balaban J connectivity index is 1.74. The number of halogens is 1. The zero-order valence-corrected chi connectivity index (χ0v) is 20.2. The Bertz CT molecular complexity index is 1310. The van der Waals surface area contributed by atoms with Gasteiger partial charge in [0.15, 0.2) is 5.16 Å². The van der Waals surface area contributed by atoms with Crippen LogP contribution >= 0.6 is 23.4 Å². The van der Waals surface area contributed by atoms with Crippen LogP contribution in [0.5, 0.6) is 0 Å². The largest absolute Gasteiger partial charge is 0.337 e. The van der Waals surface area contributed by atoms with Crippen molar-refractivity contribution < 1.29 is 4.79 Å². The van der Waals surface area contributed by atoms with Crippen LogP contribution in [0.15, 0.2) is 52.4 Å².